The predicted molar refractivity (Wildman–Crippen MR) is 76.0 cm³/mol. The number of carbonyl (C=O) groups excluding carboxylic acids is 1. The van der Waals surface area contributed by atoms with E-state index in [2.05, 4.69) is 11.0 Å². The van der Waals surface area contributed by atoms with Gasteiger partial charge in [-0.15, -0.1) is 11.3 Å². The first-order valence-electron chi connectivity index (χ1n) is 6.07. The number of halogens is 1. The fraction of sp³-hybridized carbons (Fsp3) is 0.462. The van der Waals surface area contributed by atoms with Crippen LogP contribution in [0.2, 0.25) is 4.34 Å². The third-order valence-electron chi connectivity index (χ3n) is 3.00. The standard InChI is InChI=1S/C13H17ClN2OS/c1-2-3-13(17)16-8-6-15(7-9-16)10-11-4-5-12(14)18-11/h2-5H,6-10H2,1H3. The van der Waals surface area contributed by atoms with E-state index < -0.39 is 0 Å². The van der Waals surface area contributed by atoms with Crippen LogP contribution in [-0.2, 0) is 11.3 Å². The molecular weight excluding hydrogens is 268 g/mol. The number of carbonyl (C=O) groups is 1. The van der Waals surface area contributed by atoms with E-state index in [0.717, 1.165) is 37.1 Å². The maximum Gasteiger partial charge on any atom is 0.246 e. The summed E-state index contributed by atoms with van der Waals surface area (Å²) >= 11 is 7.55. The highest BCUT2D eigenvalue weighted by Crippen LogP contribution is 2.23. The fourth-order valence-corrected chi connectivity index (χ4v) is 3.16. The van der Waals surface area contributed by atoms with E-state index in [9.17, 15) is 4.79 Å². The van der Waals surface area contributed by atoms with Crippen molar-refractivity contribution in [2.45, 2.75) is 13.5 Å². The van der Waals surface area contributed by atoms with Gasteiger partial charge in [-0.3, -0.25) is 9.69 Å². The van der Waals surface area contributed by atoms with E-state index in [0.29, 0.717) is 0 Å². The Labute approximate surface area is 117 Å². The lowest BCUT2D eigenvalue weighted by Gasteiger charge is -2.33. The van der Waals surface area contributed by atoms with Gasteiger partial charge in [-0.05, 0) is 25.1 Å². The van der Waals surface area contributed by atoms with Gasteiger partial charge in [0.2, 0.25) is 5.91 Å². The molecule has 1 saturated heterocycles. The van der Waals surface area contributed by atoms with Gasteiger partial charge >= 0.3 is 0 Å². The van der Waals surface area contributed by atoms with E-state index in [1.807, 2.05) is 17.9 Å². The van der Waals surface area contributed by atoms with E-state index in [1.54, 1.807) is 23.5 Å². The predicted octanol–water partition coefficient (Wildman–Crippen LogP) is 2.62. The summed E-state index contributed by atoms with van der Waals surface area (Å²) in [5.74, 6) is 0.122. The van der Waals surface area contributed by atoms with Crippen LogP contribution < -0.4 is 0 Å². The summed E-state index contributed by atoms with van der Waals surface area (Å²) in [6.45, 7) is 6.28. The largest absolute Gasteiger partial charge is 0.337 e. The van der Waals surface area contributed by atoms with Crippen molar-refractivity contribution in [2.24, 2.45) is 0 Å². The SMILES string of the molecule is CC=CC(=O)N1CCN(Cc2ccc(Cl)s2)CC1. The zero-order valence-electron chi connectivity index (χ0n) is 10.4. The molecule has 0 aliphatic carbocycles. The highest BCUT2D eigenvalue weighted by molar-refractivity contribution is 7.16. The van der Waals surface area contributed by atoms with Crippen LogP contribution in [-0.4, -0.2) is 41.9 Å². The number of hydrogen-bond acceptors (Lipinski definition) is 3. The Morgan fingerprint density at radius 3 is 2.67 bits per heavy atom. The molecule has 0 aromatic carbocycles. The molecule has 0 bridgehead atoms. The lowest BCUT2D eigenvalue weighted by molar-refractivity contribution is -0.127. The molecule has 3 nitrogen and oxygen atoms in total. The van der Waals surface area contributed by atoms with Crippen LogP contribution in [0, 0.1) is 0 Å². The van der Waals surface area contributed by atoms with Crippen LogP contribution >= 0.6 is 22.9 Å². The summed E-state index contributed by atoms with van der Waals surface area (Å²) in [6, 6.07) is 4.01. The molecule has 5 heteroatoms. The van der Waals surface area contributed by atoms with Gasteiger partial charge in [0.25, 0.3) is 0 Å². The molecule has 98 valence electrons. The van der Waals surface area contributed by atoms with Gasteiger partial charge in [-0.1, -0.05) is 17.7 Å². The second kappa shape index (κ2) is 6.36. The van der Waals surface area contributed by atoms with Gasteiger partial charge in [-0.25, -0.2) is 0 Å². The summed E-state index contributed by atoms with van der Waals surface area (Å²) in [5, 5.41) is 0. The Hall–Kier alpha value is -0.840. The lowest BCUT2D eigenvalue weighted by Crippen LogP contribution is -2.47. The first kappa shape index (κ1) is 13.6. The Morgan fingerprint density at radius 2 is 2.11 bits per heavy atom. The molecule has 18 heavy (non-hydrogen) atoms. The first-order valence-corrected chi connectivity index (χ1v) is 7.26. The second-order valence-electron chi connectivity index (χ2n) is 4.31. The van der Waals surface area contributed by atoms with E-state index >= 15 is 0 Å². The molecule has 1 aromatic heterocycles. The minimum Gasteiger partial charge on any atom is -0.337 e. The minimum atomic E-state index is 0.122. The number of hydrogen-bond donors (Lipinski definition) is 0. The van der Waals surface area contributed by atoms with Crippen LogP contribution in [0.3, 0.4) is 0 Å². The maximum absolute atomic E-state index is 11.7. The minimum absolute atomic E-state index is 0.122. The monoisotopic (exact) mass is 284 g/mol. The molecule has 1 amide bonds. The van der Waals surface area contributed by atoms with Crippen LogP contribution in [0.1, 0.15) is 11.8 Å². The molecule has 1 aromatic rings. The number of nitrogens with zero attached hydrogens (tertiary/aromatic N) is 2. The van der Waals surface area contributed by atoms with Gasteiger partial charge in [0.1, 0.15) is 0 Å². The van der Waals surface area contributed by atoms with Crippen molar-refractivity contribution in [1.82, 2.24) is 9.80 Å². The van der Waals surface area contributed by atoms with Crippen molar-refractivity contribution in [3.63, 3.8) is 0 Å². The highest BCUT2D eigenvalue weighted by Gasteiger charge is 2.19. The molecule has 0 unspecified atom stereocenters. The van der Waals surface area contributed by atoms with Gasteiger partial charge in [0, 0.05) is 37.6 Å². The molecular formula is C13H17ClN2OS. The molecule has 0 N–H and O–H groups in total. The van der Waals surface area contributed by atoms with Crippen molar-refractivity contribution in [2.75, 3.05) is 26.2 Å². The fourth-order valence-electron chi connectivity index (χ4n) is 2.03. The zero-order chi connectivity index (χ0) is 13.0. The highest BCUT2D eigenvalue weighted by atomic mass is 35.5. The Bertz CT molecular complexity index is 436. The van der Waals surface area contributed by atoms with Crippen molar-refractivity contribution in [1.29, 1.82) is 0 Å². The number of amides is 1. The van der Waals surface area contributed by atoms with Crippen molar-refractivity contribution in [3.05, 3.63) is 33.5 Å². The molecule has 2 heterocycles. The average Bonchev–Trinajstić information content (AvgIpc) is 2.76. The van der Waals surface area contributed by atoms with E-state index in [-0.39, 0.29) is 5.91 Å². The number of piperazine rings is 1. The molecule has 0 spiro atoms. The van der Waals surface area contributed by atoms with Crippen LogP contribution in [0.15, 0.2) is 24.3 Å². The molecule has 1 aliphatic rings. The number of allylic oxidation sites excluding steroid dienone is 1. The normalized spacial score (nSPS) is 17.6. The van der Waals surface area contributed by atoms with Crippen molar-refractivity contribution < 1.29 is 4.79 Å². The van der Waals surface area contributed by atoms with Crippen molar-refractivity contribution in [3.8, 4) is 0 Å². The molecule has 1 aliphatic heterocycles. The topological polar surface area (TPSA) is 23.6 Å². The molecule has 2 rings (SSSR count). The van der Waals surface area contributed by atoms with Gasteiger partial charge in [0.15, 0.2) is 0 Å². The van der Waals surface area contributed by atoms with Gasteiger partial charge in [0.05, 0.1) is 4.34 Å². The lowest BCUT2D eigenvalue weighted by atomic mass is 10.3. The number of rotatable bonds is 3. The van der Waals surface area contributed by atoms with Crippen molar-refractivity contribution >= 4 is 28.8 Å². The summed E-state index contributed by atoms with van der Waals surface area (Å²) < 4.78 is 0.840. The van der Waals surface area contributed by atoms with E-state index in [1.165, 1.54) is 4.88 Å². The van der Waals surface area contributed by atoms with Gasteiger partial charge < -0.3 is 4.90 Å². The third kappa shape index (κ3) is 3.57. The quantitative estimate of drug-likeness (QED) is 0.797. The molecule has 0 atom stereocenters. The smallest absolute Gasteiger partial charge is 0.246 e. The maximum atomic E-state index is 11.7. The summed E-state index contributed by atoms with van der Waals surface area (Å²) in [5.41, 5.74) is 0. The van der Waals surface area contributed by atoms with Gasteiger partial charge in [-0.2, -0.15) is 0 Å². The molecule has 1 fully saturated rings. The summed E-state index contributed by atoms with van der Waals surface area (Å²) in [6.07, 6.45) is 3.43. The third-order valence-corrected chi connectivity index (χ3v) is 4.22. The second-order valence-corrected chi connectivity index (χ2v) is 6.11. The Kier molecular flexibility index (Phi) is 4.80. The average molecular weight is 285 g/mol. The summed E-state index contributed by atoms with van der Waals surface area (Å²) in [7, 11) is 0. The van der Waals surface area contributed by atoms with Crippen LogP contribution in [0.5, 0.6) is 0 Å². The van der Waals surface area contributed by atoms with Crippen LogP contribution in [0.25, 0.3) is 0 Å². The van der Waals surface area contributed by atoms with Crippen LogP contribution in [0.4, 0.5) is 0 Å². The molecule has 0 radical (unpaired) electrons. The first-order chi connectivity index (χ1) is 8.69. The Balaban J connectivity index is 1.81. The zero-order valence-corrected chi connectivity index (χ0v) is 12.0. The summed E-state index contributed by atoms with van der Waals surface area (Å²) in [4.78, 5) is 17.2. The number of thiophene rings is 1. The Morgan fingerprint density at radius 1 is 1.39 bits per heavy atom. The molecule has 0 saturated carbocycles. The van der Waals surface area contributed by atoms with E-state index in [4.69, 9.17) is 11.6 Å².